The summed E-state index contributed by atoms with van der Waals surface area (Å²) in [5.41, 5.74) is 0.975. The Kier molecular flexibility index (Phi) is 5.09. The molecule has 6 nitrogen and oxygen atoms in total. The number of allylic oxidation sites excluding steroid dienone is 1. The van der Waals surface area contributed by atoms with E-state index in [2.05, 4.69) is 10.6 Å². The van der Waals surface area contributed by atoms with Gasteiger partial charge in [0.05, 0.1) is 0 Å². The lowest BCUT2D eigenvalue weighted by Gasteiger charge is -2.23. The van der Waals surface area contributed by atoms with Crippen LogP contribution in [0, 0.1) is 0 Å². The average Bonchev–Trinajstić information content (AvgIpc) is 2.83. The van der Waals surface area contributed by atoms with E-state index in [0.29, 0.717) is 13.0 Å². The fourth-order valence-corrected chi connectivity index (χ4v) is 2.16. The second-order valence-corrected chi connectivity index (χ2v) is 4.81. The maximum Gasteiger partial charge on any atom is 0.267 e. The number of carbonyl (C=O) groups excluding carboxylic acids is 3. The summed E-state index contributed by atoms with van der Waals surface area (Å²) in [6.45, 7) is 5.55. The predicted molar refractivity (Wildman–Crippen MR) is 71.0 cm³/mol. The topological polar surface area (TPSA) is 78.5 Å². The first-order chi connectivity index (χ1) is 8.88. The van der Waals surface area contributed by atoms with Crippen molar-refractivity contribution in [3.63, 3.8) is 0 Å². The first kappa shape index (κ1) is 15.2. The Morgan fingerprint density at radius 1 is 1.16 bits per heavy atom. The molecule has 1 unspecified atom stereocenters. The average molecular weight is 267 g/mol. The maximum absolute atomic E-state index is 12.2. The van der Waals surface area contributed by atoms with Gasteiger partial charge in [-0.3, -0.25) is 14.4 Å². The van der Waals surface area contributed by atoms with Crippen LogP contribution in [0.1, 0.15) is 33.6 Å². The summed E-state index contributed by atoms with van der Waals surface area (Å²) in [5, 5.41) is 5.11. The van der Waals surface area contributed by atoms with Crippen molar-refractivity contribution in [3.05, 3.63) is 11.3 Å². The summed E-state index contributed by atoms with van der Waals surface area (Å²) in [6, 6.07) is -0.475. The number of hydrogen-bond acceptors (Lipinski definition) is 3. The van der Waals surface area contributed by atoms with E-state index in [1.807, 2.05) is 0 Å². The molecule has 0 radical (unpaired) electrons. The largest absolute Gasteiger partial charge is 0.354 e. The molecule has 0 bridgehead atoms. The van der Waals surface area contributed by atoms with Gasteiger partial charge in [-0.05, 0) is 32.3 Å². The Morgan fingerprint density at radius 2 is 1.79 bits per heavy atom. The summed E-state index contributed by atoms with van der Waals surface area (Å²) in [4.78, 5) is 36.8. The lowest BCUT2D eigenvalue weighted by Crippen LogP contribution is -2.46. The lowest BCUT2D eigenvalue weighted by atomic mass is 10.1. The molecule has 0 aromatic heterocycles. The van der Waals surface area contributed by atoms with Crippen LogP contribution in [0.25, 0.3) is 0 Å². The molecule has 1 atom stereocenters. The van der Waals surface area contributed by atoms with Crippen LogP contribution in [0.2, 0.25) is 0 Å². The predicted octanol–water partition coefficient (Wildman–Crippen LogP) is 0.153. The molecular formula is C13H21N3O3. The lowest BCUT2D eigenvalue weighted by molar-refractivity contribution is -0.136. The number of rotatable bonds is 3. The van der Waals surface area contributed by atoms with E-state index in [9.17, 15) is 14.4 Å². The van der Waals surface area contributed by atoms with Crippen molar-refractivity contribution in [2.24, 2.45) is 0 Å². The fourth-order valence-electron chi connectivity index (χ4n) is 2.16. The first-order valence-electron chi connectivity index (χ1n) is 6.36. The van der Waals surface area contributed by atoms with Crippen molar-refractivity contribution in [1.29, 1.82) is 0 Å². The molecule has 0 aromatic carbocycles. The number of nitrogens with one attached hydrogen (secondary N) is 2. The fraction of sp³-hybridized carbons (Fsp3) is 0.615. The third-order valence-corrected chi connectivity index (χ3v) is 3.16. The van der Waals surface area contributed by atoms with Gasteiger partial charge in [-0.15, -0.1) is 0 Å². The molecule has 1 saturated heterocycles. The van der Waals surface area contributed by atoms with Gasteiger partial charge in [0.1, 0.15) is 11.7 Å². The summed E-state index contributed by atoms with van der Waals surface area (Å²) < 4.78 is 0. The van der Waals surface area contributed by atoms with Crippen LogP contribution in [0.15, 0.2) is 11.3 Å². The molecule has 0 aliphatic carbocycles. The quantitative estimate of drug-likeness (QED) is 0.715. The molecule has 0 spiro atoms. The third-order valence-electron chi connectivity index (χ3n) is 3.16. The van der Waals surface area contributed by atoms with E-state index >= 15 is 0 Å². The van der Waals surface area contributed by atoms with Gasteiger partial charge < -0.3 is 15.5 Å². The summed E-state index contributed by atoms with van der Waals surface area (Å²) in [5.74, 6) is -0.746. The van der Waals surface area contributed by atoms with Gasteiger partial charge in [-0.2, -0.15) is 0 Å². The maximum atomic E-state index is 12.2. The van der Waals surface area contributed by atoms with Gasteiger partial charge in [0, 0.05) is 20.5 Å². The Hall–Kier alpha value is -1.85. The molecule has 1 aliphatic rings. The van der Waals surface area contributed by atoms with E-state index in [1.165, 1.54) is 14.0 Å². The molecular weight excluding hydrogens is 246 g/mol. The van der Waals surface area contributed by atoms with Crippen LogP contribution >= 0.6 is 0 Å². The van der Waals surface area contributed by atoms with Crippen LogP contribution in [-0.2, 0) is 14.4 Å². The molecule has 1 rings (SSSR count). The smallest absolute Gasteiger partial charge is 0.267 e. The highest BCUT2D eigenvalue weighted by molar-refractivity contribution is 5.99. The van der Waals surface area contributed by atoms with E-state index in [-0.39, 0.29) is 23.4 Å². The standard InChI is InChI=1S/C13H21N3O3/c1-8(2)11(13(19)14-4)15-12(18)10-6-5-7-16(10)9(3)17/h10H,5-7H2,1-4H3,(H,14,19)(H,15,18). The van der Waals surface area contributed by atoms with Gasteiger partial charge >= 0.3 is 0 Å². The zero-order valence-electron chi connectivity index (χ0n) is 11.9. The normalized spacial score (nSPS) is 17.9. The van der Waals surface area contributed by atoms with Crippen LogP contribution in [0.3, 0.4) is 0 Å². The van der Waals surface area contributed by atoms with Crippen LogP contribution in [0.5, 0.6) is 0 Å². The van der Waals surface area contributed by atoms with Crippen LogP contribution in [-0.4, -0.2) is 42.3 Å². The summed E-state index contributed by atoms with van der Waals surface area (Å²) >= 11 is 0. The van der Waals surface area contributed by atoms with Crippen molar-refractivity contribution in [2.45, 2.75) is 39.7 Å². The second-order valence-electron chi connectivity index (χ2n) is 4.81. The highest BCUT2D eigenvalue weighted by atomic mass is 16.2. The minimum absolute atomic E-state index is 0.114. The first-order valence-corrected chi connectivity index (χ1v) is 6.36. The number of hydrogen-bond donors (Lipinski definition) is 2. The molecule has 106 valence electrons. The van der Waals surface area contributed by atoms with Gasteiger partial charge in [0.2, 0.25) is 11.8 Å². The van der Waals surface area contributed by atoms with Crippen molar-refractivity contribution in [2.75, 3.05) is 13.6 Å². The Labute approximate surface area is 113 Å². The Balaban J connectivity index is 2.81. The molecule has 1 aliphatic heterocycles. The van der Waals surface area contributed by atoms with Crippen LogP contribution in [0.4, 0.5) is 0 Å². The molecule has 1 heterocycles. The highest BCUT2D eigenvalue weighted by Gasteiger charge is 2.33. The highest BCUT2D eigenvalue weighted by Crippen LogP contribution is 2.18. The number of likely N-dealkylation sites (tertiary alicyclic amines) is 1. The van der Waals surface area contributed by atoms with Crippen molar-refractivity contribution in [3.8, 4) is 0 Å². The van der Waals surface area contributed by atoms with E-state index in [0.717, 1.165) is 12.0 Å². The van der Waals surface area contributed by atoms with E-state index < -0.39 is 6.04 Å². The monoisotopic (exact) mass is 267 g/mol. The van der Waals surface area contributed by atoms with Gasteiger partial charge in [-0.25, -0.2) is 0 Å². The van der Waals surface area contributed by atoms with Crippen molar-refractivity contribution in [1.82, 2.24) is 15.5 Å². The van der Waals surface area contributed by atoms with Crippen LogP contribution < -0.4 is 10.6 Å². The summed E-state index contributed by atoms with van der Waals surface area (Å²) in [6.07, 6.45) is 1.44. The number of carbonyl (C=O) groups is 3. The molecule has 1 fully saturated rings. The SMILES string of the molecule is CNC(=O)C(NC(=O)C1CCCN1C(C)=O)=C(C)C. The minimum atomic E-state index is -0.475. The number of nitrogens with zero attached hydrogens (tertiary/aromatic N) is 1. The number of likely N-dealkylation sites (N-methyl/N-ethyl adjacent to an activating group) is 1. The molecule has 2 N–H and O–H groups in total. The van der Waals surface area contributed by atoms with Crippen molar-refractivity contribution >= 4 is 17.7 Å². The van der Waals surface area contributed by atoms with Gasteiger partial charge in [0.25, 0.3) is 5.91 Å². The third kappa shape index (κ3) is 3.56. The molecule has 0 saturated carbocycles. The minimum Gasteiger partial charge on any atom is -0.354 e. The Morgan fingerprint density at radius 3 is 2.26 bits per heavy atom. The zero-order valence-corrected chi connectivity index (χ0v) is 11.9. The molecule has 19 heavy (non-hydrogen) atoms. The summed E-state index contributed by atoms with van der Waals surface area (Å²) in [7, 11) is 1.51. The van der Waals surface area contributed by atoms with Crippen molar-refractivity contribution < 1.29 is 14.4 Å². The zero-order chi connectivity index (χ0) is 14.6. The van der Waals surface area contributed by atoms with E-state index in [4.69, 9.17) is 0 Å². The second kappa shape index (κ2) is 6.36. The molecule has 3 amide bonds. The molecule has 0 aromatic rings. The van der Waals surface area contributed by atoms with Gasteiger partial charge in [-0.1, -0.05) is 0 Å². The van der Waals surface area contributed by atoms with Gasteiger partial charge in [0.15, 0.2) is 0 Å². The Bertz CT molecular complexity index is 425. The molecule has 6 heteroatoms. The van der Waals surface area contributed by atoms with E-state index in [1.54, 1.807) is 18.7 Å². The number of amides is 3.